The Labute approximate surface area is 120 Å². The smallest absolute Gasteiger partial charge is 0.348 e. The van der Waals surface area contributed by atoms with Gasteiger partial charge in [-0.25, -0.2) is 9.78 Å². The molecule has 100 valence electrons. The molecule has 0 atom stereocenters. The number of rotatable bonds is 4. The van der Waals surface area contributed by atoms with Gasteiger partial charge in [-0.2, -0.15) is 0 Å². The molecule has 0 aliphatic rings. The molecule has 0 radical (unpaired) electrons. The van der Waals surface area contributed by atoms with Gasteiger partial charge < -0.3 is 10.0 Å². The van der Waals surface area contributed by atoms with Crippen LogP contribution in [-0.2, 0) is 6.54 Å². The summed E-state index contributed by atoms with van der Waals surface area (Å²) in [4.78, 5) is 17.9. The van der Waals surface area contributed by atoms with E-state index in [-0.39, 0.29) is 4.88 Å². The lowest BCUT2D eigenvalue weighted by Crippen LogP contribution is -2.10. The Bertz CT molecular complexity index is 610. The van der Waals surface area contributed by atoms with Crippen LogP contribution in [0.15, 0.2) is 24.3 Å². The first-order valence-corrected chi connectivity index (χ1v) is 6.80. The van der Waals surface area contributed by atoms with Gasteiger partial charge in [-0.3, -0.25) is 0 Å². The number of carbonyl (C=O) groups is 1. The molecule has 1 heterocycles. The Kier molecular flexibility index (Phi) is 4.19. The Balaban J connectivity index is 2.49. The molecule has 1 aromatic carbocycles. The van der Waals surface area contributed by atoms with Crippen molar-refractivity contribution in [3.8, 4) is 11.3 Å². The molecule has 0 unspecified atom stereocenters. The highest BCUT2D eigenvalue weighted by atomic mass is 35.5. The van der Waals surface area contributed by atoms with E-state index in [1.54, 1.807) is 18.2 Å². The molecule has 1 N–H and O–H groups in total. The van der Waals surface area contributed by atoms with Crippen molar-refractivity contribution in [3.63, 3.8) is 0 Å². The number of halogens is 1. The van der Waals surface area contributed by atoms with E-state index in [4.69, 9.17) is 11.6 Å². The predicted octanol–water partition coefficient (Wildman–Crippen LogP) is 3.22. The molecule has 0 fully saturated rings. The summed E-state index contributed by atoms with van der Waals surface area (Å²) in [5.74, 6) is -0.961. The molecule has 0 saturated carbocycles. The Hall–Kier alpha value is -1.43. The van der Waals surface area contributed by atoms with Crippen LogP contribution in [0.25, 0.3) is 11.3 Å². The van der Waals surface area contributed by atoms with Crippen LogP contribution in [-0.4, -0.2) is 35.1 Å². The summed E-state index contributed by atoms with van der Waals surface area (Å²) in [7, 11) is 3.84. The van der Waals surface area contributed by atoms with Crippen molar-refractivity contribution in [3.05, 3.63) is 39.2 Å². The van der Waals surface area contributed by atoms with Gasteiger partial charge in [-0.1, -0.05) is 23.7 Å². The fourth-order valence-corrected chi connectivity index (χ4v) is 2.91. The Morgan fingerprint density at radius 1 is 1.47 bits per heavy atom. The van der Waals surface area contributed by atoms with Crippen molar-refractivity contribution in [1.82, 2.24) is 9.88 Å². The molecule has 19 heavy (non-hydrogen) atoms. The highest BCUT2D eigenvalue weighted by Gasteiger charge is 2.19. The average Bonchev–Trinajstić information content (AvgIpc) is 2.72. The topological polar surface area (TPSA) is 53.4 Å². The number of carboxylic acid groups (broad SMARTS) is 1. The van der Waals surface area contributed by atoms with E-state index in [2.05, 4.69) is 4.98 Å². The number of benzene rings is 1. The van der Waals surface area contributed by atoms with Gasteiger partial charge in [0, 0.05) is 17.1 Å². The van der Waals surface area contributed by atoms with Crippen LogP contribution >= 0.6 is 22.9 Å². The molecule has 1 aromatic heterocycles. The monoisotopic (exact) mass is 296 g/mol. The van der Waals surface area contributed by atoms with E-state index >= 15 is 0 Å². The largest absolute Gasteiger partial charge is 0.477 e. The molecule has 4 nitrogen and oxygen atoms in total. The molecule has 0 amide bonds. The Morgan fingerprint density at radius 3 is 2.79 bits per heavy atom. The van der Waals surface area contributed by atoms with Gasteiger partial charge in [0.2, 0.25) is 0 Å². The zero-order chi connectivity index (χ0) is 14.0. The van der Waals surface area contributed by atoms with E-state index in [1.165, 1.54) is 11.3 Å². The maximum absolute atomic E-state index is 11.3. The fourth-order valence-electron chi connectivity index (χ4n) is 1.68. The third-order valence-corrected chi connectivity index (χ3v) is 3.68. The zero-order valence-corrected chi connectivity index (χ0v) is 12.1. The summed E-state index contributed by atoms with van der Waals surface area (Å²) in [6.07, 6.45) is 0. The van der Waals surface area contributed by atoms with Crippen LogP contribution in [0.4, 0.5) is 0 Å². The van der Waals surface area contributed by atoms with Crippen molar-refractivity contribution in [2.75, 3.05) is 14.1 Å². The molecular formula is C13H13ClN2O2S. The minimum absolute atomic E-state index is 0.249. The van der Waals surface area contributed by atoms with Crippen molar-refractivity contribution >= 4 is 28.9 Å². The van der Waals surface area contributed by atoms with Crippen molar-refractivity contribution < 1.29 is 9.90 Å². The molecule has 2 rings (SSSR count). The number of thiazole rings is 1. The maximum atomic E-state index is 11.3. The lowest BCUT2D eigenvalue weighted by atomic mass is 10.1. The highest BCUT2D eigenvalue weighted by molar-refractivity contribution is 7.14. The van der Waals surface area contributed by atoms with Crippen LogP contribution in [0.5, 0.6) is 0 Å². The normalized spacial score (nSPS) is 10.9. The first-order chi connectivity index (χ1) is 8.97. The van der Waals surface area contributed by atoms with Gasteiger partial charge in [0.1, 0.15) is 9.88 Å². The fraction of sp³-hybridized carbons (Fsp3) is 0.231. The first kappa shape index (κ1) is 14.0. The third kappa shape index (κ3) is 3.32. The number of aromatic carboxylic acids is 1. The summed E-state index contributed by atoms with van der Waals surface area (Å²) < 4.78 is 0. The second-order valence-corrected chi connectivity index (χ2v) is 5.86. The van der Waals surface area contributed by atoms with Crippen LogP contribution in [0.3, 0.4) is 0 Å². The van der Waals surface area contributed by atoms with Crippen LogP contribution in [0.1, 0.15) is 14.7 Å². The summed E-state index contributed by atoms with van der Waals surface area (Å²) in [6.45, 7) is 0.617. The number of hydrogen-bond donors (Lipinski definition) is 1. The number of aromatic nitrogens is 1. The lowest BCUT2D eigenvalue weighted by Gasteiger charge is -2.05. The van der Waals surface area contributed by atoms with Gasteiger partial charge >= 0.3 is 5.97 Å². The Morgan fingerprint density at radius 2 is 2.21 bits per heavy atom. The number of nitrogens with zero attached hydrogens (tertiary/aromatic N) is 2. The van der Waals surface area contributed by atoms with E-state index in [9.17, 15) is 9.90 Å². The summed E-state index contributed by atoms with van der Waals surface area (Å²) >= 11 is 7.14. The molecule has 0 bridgehead atoms. The van der Waals surface area contributed by atoms with Gasteiger partial charge in [0.15, 0.2) is 0 Å². The summed E-state index contributed by atoms with van der Waals surface area (Å²) in [5, 5.41) is 10.6. The van der Waals surface area contributed by atoms with Gasteiger partial charge in [0.05, 0.1) is 5.69 Å². The summed E-state index contributed by atoms with van der Waals surface area (Å²) in [5.41, 5.74) is 1.21. The van der Waals surface area contributed by atoms with E-state index < -0.39 is 5.97 Å². The molecule has 0 saturated heterocycles. The standard InChI is InChI=1S/C13H13ClN2O2S/c1-16(2)7-10-15-11(12(19-10)13(17)18)8-4-3-5-9(14)6-8/h3-6H,7H2,1-2H3,(H,17,18). The second kappa shape index (κ2) is 5.69. The lowest BCUT2D eigenvalue weighted by molar-refractivity contribution is 0.0702. The second-order valence-electron chi connectivity index (χ2n) is 4.34. The van der Waals surface area contributed by atoms with Crippen molar-refractivity contribution in [1.29, 1.82) is 0 Å². The quantitative estimate of drug-likeness (QED) is 0.941. The molecule has 0 aliphatic carbocycles. The first-order valence-electron chi connectivity index (χ1n) is 5.61. The molecule has 2 aromatic rings. The van der Waals surface area contributed by atoms with Crippen molar-refractivity contribution in [2.24, 2.45) is 0 Å². The summed E-state index contributed by atoms with van der Waals surface area (Å²) in [6, 6.07) is 7.07. The van der Waals surface area contributed by atoms with Gasteiger partial charge in [0.25, 0.3) is 0 Å². The minimum atomic E-state index is -0.961. The van der Waals surface area contributed by atoms with Crippen LogP contribution < -0.4 is 0 Å². The zero-order valence-electron chi connectivity index (χ0n) is 10.6. The van der Waals surface area contributed by atoms with Gasteiger partial charge in [-0.15, -0.1) is 11.3 Å². The molecule has 6 heteroatoms. The minimum Gasteiger partial charge on any atom is -0.477 e. The van der Waals surface area contributed by atoms with Gasteiger partial charge in [-0.05, 0) is 26.2 Å². The van der Waals surface area contributed by atoms with Crippen LogP contribution in [0.2, 0.25) is 5.02 Å². The predicted molar refractivity (Wildman–Crippen MR) is 76.9 cm³/mol. The SMILES string of the molecule is CN(C)Cc1nc(-c2cccc(Cl)c2)c(C(=O)O)s1. The number of carboxylic acids is 1. The van der Waals surface area contributed by atoms with E-state index in [0.29, 0.717) is 17.3 Å². The van der Waals surface area contributed by atoms with Crippen LogP contribution in [0, 0.1) is 0 Å². The maximum Gasteiger partial charge on any atom is 0.348 e. The average molecular weight is 297 g/mol. The molecular weight excluding hydrogens is 284 g/mol. The number of hydrogen-bond acceptors (Lipinski definition) is 4. The van der Waals surface area contributed by atoms with E-state index in [0.717, 1.165) is 10.6 Å². The van der Waals surface area contributed by atoms with E-state index in [1.807, 2.05) is 25.1 Å². The highest BCUT2D eigenvalue weighted by Crippen LogP contribution is 2.30. The molecule has 0 aliphatic heterocycles. The molecule has 0 spiro atoms. The third-order valence-electron chi connectivity index (χ3n) is 2.42. The van der Waals surface area contributed by atoms with Crippen molar-refractivity contribution in [2.45, 2.75) is 6.54 Å².